The number of fused-ring (bicyclic) bond motifs is 3. The zero-order valence-electron chi connectivity index (χ0n) is 32.7. The number of benzene rings is 7. The Morgan fingerprint density at radius 2 is 0.895 bits per heavy atom. The fourth-order valence-corrected chi connectivity index (χ4v) is 11.2. The number of thiophene rings is 1. The van der Waals surface area contributed by atoms with E-state index in [0.29, 0.717) is 5.92 Å². The molecule has 3 heteroatoms. The third kappa shape index (κ3) is 6.83. The van der Waals surface area contributed by atoms with Crippen molar-refractivity contribution in [2.75, 3.05) is 9.80 Å². The van der Waals surface area contributed by atoms with Gasteiger partial charge in [0.25, 0.3) is 0 Å². The molecule has 57 heavy (non-hydrogen) atoms. The topological polar surface area (TPSA) is 6.48 Å². The molecule has 1 aromatic heterocycles. The summed E-state index contributed by atoms with van der Waals surface area (Å²) in [5.74, 6) is 0.704. The van der Waals surface area contributed by atoms with Crippen LogP contribution in [-0.2, 0) is 5.41 Å². The number of hydrogen-bond acceptors (Lipinski definition) is 3. The van der Waals surface area contributed by atoms with Crippen LogP contribution < -0.4 is 9.80 Å². The standard InChI is InChI=1S/C54H50N2S/c1-5-16-40(17-6-1)41-26-32-46(33-27-41)55(44-18-7-2-8-19-44)47-34-28-42(29-35-47)54(38-13-4-14-39-54)43-30-36-48(37-31-43)56(45-20-9-3-10-21-45)51-24-15-23-50-49-22-11-12-25-52(49)57-53(50)51/h2-3,7-12,15,18-37,40H,1,4-6,13-14,16-17,38-39H2. The van der Waals surface area contributed by atoms with E-state index >= 15 is 0 Å². The maximum absolute atomic E-state index is 2.45. The Kier molecular flexibility index (Phi) is 9.86. The lowest BCUT2D eigenvalue weighted by atomic mass is 9.65. The van der Waals surface area contributed by atoms with Crippen LogP contribution in [0.15, 0.2) is 176 Å². The van der Waals surface area contributed by atoms with Gasteiger partial charge in [0.2, 0.25) is 0 Å². The van der Waals surface area contributed by atoms with E-state index in [-0.39, 0.29) is 5.41 Å². The van der Waals surface area contributed by atoms with E-state index in [0.717, 1.165) is 0 Å². The summed E-state index contributed by atoms with van der Waals surface area (Å²) in [6, 6.07) is 65.9. The molecule has 2 nitrogen and oxygen atoms in total. The minimum Gasteiger partial charge on any atom is -0.311 e. The molecular weight excluding hydrogens is 709 g/mol. The second-order valence-electron chi connectivity index (χ2n) is 16.3. The van der Waals surface area contributed by atoms with Gasteiger partial charge in [-0.25, -0.2) is 0 Å². The monoisotopic (exact) mass is 758 g/mol. The molecule has 0 radical (unpaired) electrons. The molecule has 8 aromatic rings. The molecule has 2 fully saturated rings. The molecule has 0 bridgehead atoms. The van der Waals surface area contributed by atoms with Gasteiger partial charge in [-0.05, 0) is 121 Å². The van der Waals surface area contributed by atoms with E-state index < -0.39 is 0 Å². The smallest absolute Gasteiger partial charge is 0.0640 e. The number of para-hydroxylation sites is 2. The summed E-state index contributed by atoms with van der Waals surface area (Å²) in [7, 11) is 0. The van der Waals surface area contributed by atoms with Gasteiger partial charge in [-0.2, -0.15) is 0 Å². The average molecular weight is 759 g/mol. The highest BCUT2D eigenvalue weighted by Crippen LogP contribution is 2.49. The fraction of sp³-hybridized carbons (Fsp3) is 0.222. The lowest BCUT2D eigenvalue weighted by molar-refractivity contribution is 0.346. The zero-order valence-corrected chi connectivity index (χ0v) is 33.5. The van der Waals surface area contributed by atoms with Gasteiger partial charge in [0.1, 0.15) is 0 Å². The number of hydrogen-bond donors (Lipinski definition) is 0. The number of nitrogens with zero attached hydrogens (tertiary/aromatic N) is 2. The molecule has 1 heterocycles. The third-order valence-electron chi connectivity index (χ3n) is 12.9. The van der Waals surface area contributed by atoms with E-state index in [1.54, 1.807) is 0 Å². The second kappa shape index (κ2) is 15.7. The summed E-state index contributed by atoms with van der Waals surface area (Å²) in [5, 5.41) is 2.64. The van der Waals surface area contributed by atoms with Crippen LogP contribution in [-0.4, -0.2) is 0 Å². The van der Waals surface area contributed by atoms with Crippen molar-refractivity contribution >= 4 is 65.6 Å². The van der Waals surface area contributed by atoms with Gasteiger partial charge < -0.3 is 9.80 Å². The van der Waals surface area contributed by atoms with Gasteiger partial charge in [0, 0.05) is 49.3 Å². The van der Waals surface area contributed by atoms with Crippen LogP contribution in [0.4, 0.5) is 34.1 Å². The van der Waals surface area contributed by atoms with Crippen molar-refractivity contribution in [1.82, 2.24) is 0 Å². The first kappa shape index (κ1) is 35.8. The first-order valence-electron chi connectivity index (χ1n) is 21.2. The largest absolute Gasteiger partial charge is 0.311 e. The van der Waals surface area contributed by atoms with Crippen LogP contribution in [0.2, 0.25) is 0 Å². The Balaban J connectivity index is 1.00. The highest BCUT2D eigenvalue weighted by molar-refractivity contribution is 7.26. The molecule has 0 N–H and O–H groups in total. The molecule has 2 saturated carbocycles. The van der Waals surface area contributed by atoms with Crippen molar-refractivity contribution in [1.29, 1.82) is 0 Å². The van der Waals surface area contributed by atoms with Gasteiger partial charge in [-0.15, -0.1) is 11.3 Å². The molecule has 0 unspecified atom stereocenters. The summed E-state index contributed by atoms with van der Waals surface area (Å²) in [6.07, 6.45) is 12.9. The van der Waals surface area contributed by atoms with Crippen molar-refractivity contribution in [2.45, 2.75) is 75.5 Å². The Morgan fingerprint density at radius 1 is 0.404 bits per heavy atom. The van der Waals surface area contributed by atoms with E-state index in [1.807, 2.05) is 11.3 Å². The van der Waals surface area contributed by atoms with Crippen molar-refractivity contribution < 1.29 is 0 Å². The summed E-state index contributed by atoms with van der Waals surface area (Å²) >= 11 is 1.89. The van der Waals surface area contributed by atoms with Crippen molar-refractivity contribution in [2.24, 2.45) is 0 Å². The van der Waals surface area contributed by atoms with Gasteiger partial charge in [-0.3, -0.25) is 0 Å². The van der Waals surface area contributed by atoms with E-state index in [2.05, 4.69) is 186 Å². The van der Waals surface area contributed by atoms with Crippen LogP contribution in [0.25, 0.3) is 20.2 Å². The first-order chi connectivity index (χ1) is 28.2. The van der Waals surface area contributed by atoms with E-state index in [1.165, 1.54) is 135 Å². The Morgan fingerprint density at radius 3 is 1.53 bits per heavy atom. The predicted molar refractivity (Wildman–Crippen MR) is 245 cm³/mol. The molecular formula is C54H50N2S. The van der Waals surface area contributed by atoms with E-state index in [9.17, 15) is 0 Å². The molecule has 0 atom stereocenters. The lowest BCUT2D eigenvalue weighted by Crippen LogP contribution is -2.30. The number of rotatable bonds is 9. The van der Waals surface area contributed by atoms with Gasteiger partial charge in [-0.1, -0.05) is 142 Å². The second-order valence-corrected chi connectivity index (χ2v) is 17.3. The van der Waals surface area contributed by atoms with Crippen molar-refractivity contribution in [3.05, 3.63) is 193 Å². The SMILES string of the molecule is c1ccc(N(c2ccc(C3CCCCC3)cc2)c2ccc(C3(c4ccc(N(c5ccccc5)c5cccc6c5sc5ccccc56)cc4)CCCCC3)cc2)cc1. The van der Waals surface area contributed by atoms with Crippen LogP contribution in [0.1, 0.15) is 86.8 Å². The molecule has 0 aliphatic heterocycles. The highest BCUT2D eigenvalue weighted by atomic mass is 32.1. The normalized spacial score (nSPS) is 15.8. The maximum atomic E-state index is 2.45. The van der Waals surface area contributed by atoms with Gasteiger partial charge >= 0.3 is 0 Å². The summed E-state index contributed by atoms with van der Waals surface area (Å²) in [4.78, 5) is 4.87. The number of anilines is 6. The van der Waals surface area contributed by atoms with Crippen LogP contribution in [0.5, 0.6) is 0 Å². The Hall–Kier alpha value is -5.64. The average Bonchev–Trinajstić information content (AvgIpc) is 3.68. The third-order valence-corrected chi connectivity index (χ3v) is 14.2. The molecule has 0 amide bonds. The summed E-state index contributed by atoms with van der Waals surface area (Å²) in [5.41, 5.74) is 11.5. The minimum atomic E-state index is -0.0163. The minimum absolute atomic E-state index is 0.0163. The lowest BCUT2D eigenvalue weighted by Gasteiger charge is -2.39. The highest BCUT2D eigenvalue weighted by Gasteiger charge is 2.36. The summed E-state index contributed by atoms with van der Waals surface area (Å²) < 4.78 is 2.65. The van der Waals surface area contributed by atoms with Crippen LogP contribution in [0.3, 0.4) is 0 Å². The van der Waals surface area contributed by atoms with E-state index in [4.69, 9.17) is 0 Å². The molecule has 2 aliphatic carbocycles. The summed E-state index contributed by atoms with van der Waals surface area (Å²) in [6.45, 7) is 0. The molecule has 2 aliphatic rings. The quantitative estimate of drug-likeness (QED) is 0.145. The first-order valence-corrected chi connectivity index (χ1v) is 22.0. The van der Waals surface area contributed by atoms with Gasteiger partial charge in [0.05, 0.1) is 10.4 Å². The Labute approximate surface area is 342 Å². The molecule has 282 valence electrons. The molecule has 0 spiro atoms. The molecule has 0 saturated heterocycles. The van der Waals surface area contributed by atoms with Crippen LogP contribution >= 0.6 is 11.3 Å². The predicted octanol–water partition coefficient (Wildman–Crippen LogP) is 16.3. The molecule has 7 aromatic carbocycles. The molecule has 10 rings (SSSR count). The van der Waals surface area contributed by atoms with Crippen molar-refractivity contribution in [3.63, 3.8) is 0 Å². The zero-order chi connectivity index (χ0) is 38.0. The maximum Gasteiger partial charge on any atom is 0.0640 e. The van der Waals surface area contributed by atoms with Crippen molar-refractivity contribution in [3.8, 4) is 0 Å². The Bertz CT molecular complexity index is 2560. The van der Waals surface area contributed by atoms with Gasteiger partial charge in [0.15, 0.2) is 0 Å². The van der Waals surface area contributed by atoms with Crippen LogP contribution in [0, 0.1) is 0 Å². The fourth-order valence-electron chi connectivity index (χ4n) is 10.0.